The SMILES string of the molecule is Cc1cc2c(Oc3cc(F)cc(F)c3)ccc(N)c2cn1. The smallest absolute Gasteiger partial charge is 0.135 e. The lowest BCUT2D eigenvalue weighted by molar-refractivity contribution is 0.473. The van der Waals surface area contributed by atoms with Gasteiger partial charge in [-0.05, 0) is 25.1 Å². The molecule has 2 N–H and O–H groups in total. The van der Waals surface area contributed by atoms with Crippen molar-refractivity contribution in [1.29, 1.82) is 0 Å². The molecular weight excluding hydrogens is 274 g/mol. The van der Waals surface area contributed by atoms with Gasteiger partial charge in [-0.15, -0.1) is 0 Å². The van der Waals surface area contributed by atoms with Gasteiger partial charge in [-0.1, -0.05) is 0 Å². The van der Waals surface area contributed by atoms with Crippen LogP contribution in [0.1, 0.15) is 5.69 Å². The summed E-state index contributed by atoms with van der Waals surface area (Å²) in [6, 6.07) is 8.20. The number of nitrogens with zero attached hydrogens (tertiary/aromatic N) is 1. The van der Waals surface area contributed by atoms with Crippen molar-refractivity contribution in [3.05, 3.63) is 59.9 Å². The number of ether oxygens (including phenoxy) is 1. The molecule has 0 radical (unpaired) electrons. The molecular formula is C16H12F2N2O. The largest absolute Gasteiger partial charge is 0.457 e. The predicted octanol–water partition coefficient (Wildman–Crippen LogP) is 4.20. The summed E-state index contributed by atoms with van der Waals surface area (Å²) in [6.45, 7) is 1.84. The lowest BCUT2D eigenvalue weighted by atomic mass is 10.1. The Balaban J connectivity index is 2.12. The van der Waals surface area contributed by atoms with Gasteiger partial charge in [0, 0.05) is 46.5 Å². The molecule has 0 saturated heterocycles. The third kappa shape index (κ3) is 2.63. The molecule has 3 aromatic rings. The highest BCUT2D eigenvalue weighted by Gasteiger charge is 2.09. The number of pyridine rings is 1. The van der Waals surface area contributed by atoms with Gasteiger partial charge < -0.3 is 10.5 Å². The van der Waals surface area contributed by atoms with E-state index >= 15 is 0 Å². The van der Waals surface area contributed by atoms with Crippen LogP contribution in [-0.4, -0.2) is 4.98 Å². The predicted molar refractivity (Wildman–Crippen MR) is 77.3 cm³/mol. The molecule has 0 unspecified atom stereocenters. The van der Waals surface area contributed by atoms with Crippen molar-refractivity contribution in [3.8, 4) is 11.5 Å². The van der Waals surface area contributed by atoms with Gasteiger partial charge in [-0.3, -0.25) is 4.98 Å². The van der Waals surface area contributed by atoms with Gasteiger partial charge in [0.05, 0.1) is 0 Å². The number of nitrogens with two attached hydrogens (primary N) is 1. The number of anilines is 1. The number of aryl methyl sites for hydroxylation is 1. The molecule has 0 fully saturated rings. The summed E-state index contributed by atoms with van der Waals surface area (Å²) in [4.78, 5) is 4.19. The molecule has 106 valence electrons. The zero-order valence-corrected chi connectivity index (χ0v) is 11.2. The topological polar surface area (TPSA) is 48.1 Å². The molecule has 3 rings (SSSR count). The van der Waals surface area contributed by atoms with E-state index in [-0.39, 0.29) is 5.75 Å². The number of hydrogen-bond acceptors (Lipinski definition) is 3. The molecule has 0 aliphatic rings. The van der Waals surface area contributed by atoms with Crippen LogP contribution >= 0.6 is 0 Å². The molecule has 0 amide bonds. The first kappa shape index (κ1) is 13.3. The first-order valence-electron chi connectivity index (χ1n) is 6.32. The summed E-state index contributed by atoms with van der Waals surface area (Å²) in [5, 5.41) is 1.47. The summed E-state index contributed by atoms with van der Waals surface area (Å²) in [6.07, 6.45) is 1.65. The molecule has 1 aromatic heterocycles. The highest BCUT2D eigenvalue weighted by atomic mass is 19.1. The Morgan fingerprint density at radius 3 is 2.43 bits per heavy atom. The van der Waals surface area contributed by atoms with Crippen molar-refractivity contribution in [2.75, 3.05) is 5.73 Å². The molecule has 0 saturated carbocycles. The second kappa shape index (κ2) is 5.01. The van der Waals surface area contributed by atoms with E-state index in [2.05, 4.69) is 4.98 Å². The van der Waals surface area contributed by atoms with E-state index in [1.807, 2.05) is 13.0 Å². The lowest BCUT2D eigenvalue weighted by Crippen LogP contribution is -1.93. The van der Waals surface area contributed by atoms with Gasteiger partial charge in [0.15, 0.2) is 0 Å². The minimum absolute atomic E-state index is 0.0908. The lowest BCUT2D eigenvalue weighted by Gasteiger charge is -2.11. The summed E-state index contributed by atoms with van der Waals surface area (Å²) >= 11 is 0. The zero-order chi connectivity index (χ0) is 15.0. The first-order valence-corrected chi connectivity index (χ1v) is 6.32. The zero-order valence-electron chi connectivity index (χ0n) is 11.2. The van der Waals surface area contributed by atoms with Crippen LogP contribution in [0.4, 0.5) is 14.5 Å². The van der Waals surface area contributed by atoms with E-state index in [0.29, 0.717) is 11.4 Å². The standard InChI is InChI=1S/C16H12F2N2O/c1-9-4-13-14(8-20-9)15(19)2-3-16(13)21-12-6-10(17)5-11(18)7-12/h2-8H,19H2,1H3. The first-order chi connectivity index (χ1) is 10.0. The second-order valence-electron chi connectivity index (χ2n) is 4.73. The van der Waals surface area contributed by atoms with Gasteiger partial charge in [0.25, 0.3) is 0 Å². The summed E-state index contributed by atoms with van der Waals surface area (Å²) < 4.78 is 32.0. The Kier molecular flexibility index (Phi) is 3.17. The molecule has 0 aliphatic heterocycles. The quantitative estimate of drug-likeness (QED) is 0.718. The van der Waals surface area contributed by atoms with Crippen LogP contribution in [-0.2, 0) is 0 Å². The fourth-order valence-electron chi connectivity index (χ4n) is 2.14. The van der Waals surface area contributed by atoms with Crippen LogP contribution in [0.25, 0.3) is 10.8 Å². The van der Waals surface area contributed by atoms with Crippen LogP contribution in [0.3, 0.4) is 0 Å². The minimum Gasteiger partial charge on any atom is -0.457 e. The molecule has 21 heavy (non-hydrogen) atoms. The van der Waals surface area contributed by atoms with E-state index in [9.17, 15) is 8.78 Å². The maximum absolute atomic E-state index is 13.2. The van der Waals surface area contributed by atoms with Crippen LogP contribution in [0.2, 0.25) is 0 Å². The Bertz CT molecular complexity index is 814. The van der Waals surface area contributed by atoms with Crippen LogP contribution in [0.15, 0.2) is 42.6 Å². The average molecular weight is 286 g/mol. The minimum atomic E-state index is -0.692. The molecule has 3 nitrogen and oxygen atoms in total. The molecule has 0 bridgehead atoms. The van der Waals surface area contributed by atoms with E-state index in [4.69, 9.17) is 10.5 Å². The number of aromatic nitrogens is 1. The highest BCUT2D eigenvalue weighted by Crippen LogP contribution is 2.33. The Hall–Kier alpha value is -2.69. The number of halogens is 2. The highest BCUT2D eigenvalue weighted by molar-refractivity contribution is 5.96. The maximum Gasteiger partial charge on any atom is 0.135 e. The molecule has 5 heteroatoms. The van der Waals surface area contributed by atoms with Crippen molar-refractivity contribution < 1.29 is 13.5 Å². The van der Waals surface area contributed by atoms with E-state index in [1.165, 1.54) is 0 Å². The molecule has 1 heterocycles. The van der Waals surface area contributed by atoms with Crippen molar-refractivity contribution in [2.24, 2.45) is 0 Å². The van der Waals surface area contributed by atoms with E-state index < -0.39 is 11.6 Å². The maximum atomic E-state index is 13.2. The average Bonchev–Trinajstić information content (AvgIpc) is 2.41. The van der Waals surface area contributed by atoms with Crippen molar-refractivity contribution in [2.45, 2.75) is 6.92 Å². The summed E-state index contributed by atoms with van der Waals surface area (Å²) in [7, 11) is 0. The number of hydrogen-bond donors (Lipinski definition) is 1. The number of benzene rings is 2. The summed E-state index contributed by atoms with van der Waals surface area (Å²) in [5.41, 5.74) is 7.26. The number of nitrogen functional groups attached to an aromatic ring is 1. The third-order valence-corrected chi connectivity index (χ3v) is 3.10. The fourth-order valence-corrected chi connectivity index (χ4v) is 2.14. The Labute approximate surface area is 120 Å². The molecule has 2 aromatic carbocycles. The number of fused-ring (bicyclic) bond motifs is 1. The van der Waals surface area contributed by atoms with Gasteiger partial charge in [-0.2, -0.15) is 0 Å². The Morgan fingerprint density at radius 1 is 1.00 bits per heavy atom. The number of rotatable bonds is 2. The van der Waals surface area contributed by atoms with Crippen molar-refractivity contribution in [3.63, 3.8) is 0 Å². The van der Waals surface area contributed by atoms with Gasteiger partial charge in [0.1, 0.15) is 23.1 Å². The Morgan fingerprint density at radius 2 is 1.71 bits per heavy atom. The molecule has 0 spiro atoms. The monoisotopic (exact) mass is 286 g/mol. The fraction of sp³-hybridized carbons (Fsp3) is 0.0625. The van der Waals surface area contributed by atoms with E-state index in [1.54, 1.807) is 18.3 Å². The second-order valence-corrected chi connectivity index (χ2v) is 4.73. The van der Waals surface area contributed by atoms with Crippen LogP contribution in [0, 0.1) is 18.6 Å². The van der Waals surface area contributed by atoms with Gasteiger partial charge >= 0.3 is 0 Å². The normalized spacial score (nSPS) is 10.8. The van der Waals surface area contributed by atoms with Gasteiger partial charge in [0.2, 0.25) is 0 Å². The third-order valence-electron chi connectivity index (χ3n) is 3.10. The van der Waals surface area contributed by atoms with Crippen LogP contribution < -0.4 is 10.5 Å². The molecule has 0 atom stereocenters. The van der Waals surface area contributed by atoms with Crippen LogP contribution in [0.5, 0.6) is 11.5 Å². The van der Waals surface area contributed by atoms with Crippen molar-refractivity contribution in [1.82, 2.24) is 4.98 Å². The van der Waals surface area contributed by atoms with Gasteiger partial charge in [-0.25, -0.2) is 8.78 Å². The molecule has 0 aliphatic carbocycles. The van der Waals surface area contributed by atoms with Crippen molar-refractivity contribution >= 4 is 16.5 Å². The summed E-state index contributed by atoms with van der Waals surface area (Å²) in [5.74, 6) is -0.826. The van der Waals surface area contributed by atoms with E-state index in [0.717, 1.165) is 34.7 Å².